The van der Waals surface area contributed by atoms with Crippen molar-refractivity contribution in [2.75, 3.05) is 11.9 Å². The standard InChI is InChI=1S/C14H14Cl2N2O/c1-18(8-10-3-2-4-12(15)5-10)14-6-11(9-19)13(16)7-17-14/h2-7,19H,8-9H2,1H3. The van der Waals surface area contributed by atoms with E-state index < -0.39 is 0 Å². The molecule has 19 heavy (non-hydrogen) atoms. The first-order valence-corrected chi connectivity index (χ1v) is 6.56. The second-order valence-corrected chi connectivity index (χ2v) is 5.12. The summed E-state index contributed by atoms with van der Waals surface area (Å²) in [5.41, 5.74) is 1.77. The third-order valence-corrected chi connectivity index (χ3v) is 3.37. The van der Waals surface area contributed by atoms with Crippen LogP contribution in [0.15, 0.2) is 36.5 Å². The van der Waals surface area contributed by atoms with Gasteiger partial charge in [-0.05, 0) is 23.8 Å². The molecule has 1 aromatic heterocycles. The lowest BCUT2D eigenvalue weighted by Gasteiger charge is -2.19. The van der Waals surface area contributed by atoms with E-state index in [9.17, 15) is 5.11 Å². The molecule has 1 aromatic carbocycles. The van der Waals surface area contributed by atoms with Gasteiger partial charge in [-0.15, -0.1) is 0 Å². The summed E-state index contributed by atoms with van der Waals surface area (Å²) in [6.07, 6.45) is 1.55. The zero-order valence-electron chi connectivity index (χ0n) is 10.5. The first kappa shape index (κ1) is 14.1. The topological polar surface area (TPSA) is 36.4 Å². The molecule has 0 unspecified atom stereocenters. The van der Waals surface area contributed by atoms with E-state index >= 15 is 0 Å². The molecule has 3 nitrogen and oxygen atoms in total. The minimum Gasteiger partial charge on any atom is -0.392 e. The molecular weight excluding hydrogens is 283 g/mol. The van der Waals surface area contributed by atoms with E-state index in [1.807, 2.05) is 36.2 Å². The highest BCUT2D eigenvalue weighted by Gasteiger charge is 2.07. The predicted molar refractivity (Wildman–Crippen MR) is 78.7 cm³/mol. The lowest BCUT2D eigenvalue weighted by atomic mass is 10.2. The smallest absolute Gasteiger partial charge is 0.128 e. The molecular formula is C14H14Cl2N2O. The first-order valence-electron chi connectivity index (χ1n) is 5.81. The summed E-state index contributed by atoms with van der Waals surface area (Å²) in [6.45, 7) is 0.583. The molecule has 0 spiro atoms. The van der Waals surface area contributed by atoms with Crippen molar-refractivity contribution >= 4 is 29.0 Å². The van der Waals surface area contributed by atoms with E-state index in [0.29, 0.717) is 22.2 Å². The summed E-state index contributed by atoms with van der Waals surface area (Å²) >= 11 is 11.9. The predicted octanol–water partition coefficient (Wildman–Crippen LogP) is 3.52. The van der Waals surface area contributed by atoms with E-state index in [1.54, 1.807) is 12.3 Å². The number of hydrogen-bond donors (Lipinski definition) is 1. The molecule has 100 valence electrons. The molecule has 0 bridgehead atoms. The first-order chi connectivity index (χ1) is 9.10. The molecule has 0 fully saturated rings. The molecule has 2 rings (SSSR count). The third kappa shape index (κ3) is 3.60. The van der Waals surface area contributed by atoms with E-state index in [0.717, 1.165) is 11.4 Å². The van der Waals surface area contributed by atoms with Crippen LogP contribution >= 0.6 is 23.2 Å². The van der Waals surface area contributed by atoms with E-state index in [2.05, 4.69) is 4.98 Å². The Bertz CT molecular complexity index is 575. The van der Waals surface area contributed by atoms with Gasteiger partial charge in [0, 0.05) is 30.4 Å². The van der Waals surface area contributed by atoms with Gasteiger partial charge < -0.3 is 10.0 Å². The van der Waals surface area contributed by atoms with Crippen molar-refractivity contribution in [1.82, 2.24) is 4.98 Å². The number of anilines is 1. The summed E-state index contributed by atoms with van der Waals surface area (Å²) < 4.78 is 0. The summed E-state index contributed by atoms with van der Waals surface area (Å²) in [5, 5.41) is 10.4. The van der Waals surface area contributed by atoms with Gasteiger partial charge in [0.2, 0.25) is 0 Å². The molecule has 1 N–H and O–H groups in total. The minimum atomic E-state index is -0.0979. The summed E-state index contributed by atoms with van der Waals surface area (Å²) in [6, 6.07) is 9.47. The van der Waals surface area contributed by atoms with Crippen LogP contribution in [0.4, 0.5) is 5.82 Å². The molecule has 5 heteroatoms. The zero-order valence-corrected chi connectivity index (χ0v) is 12.0. The zero-order chi connectivity index (χ0) is 13.8. The largest absolute Gasteiger partial charge is 0.392 e. The Morgan fingerprint density at radius 3 is 2.74 bits per heavy atom. The second kappa shape index (κ2) is 6.24. The van der Waals surface area contributed by atoms with E-state index in [4.69, 9.17) is 23.2 Å². The maximum Gasteiger partial charge on any atom is 0.128 e. The number of halogens is 2. The van der Waals surface area contributed by atoms with Crippen LogP contribution in [0.25, 0.3) is 0 Å². The van der Waals surface area contributed by atoms with Gasteiger partial charge in [-0.3, -0.25) is 0 Å². The maximum atomic E-state index is 9.20. The fraction of sp³-hybridized carbons (Fsp3) is 0.214. The van der Waals surface area contributed by atoms with Crippen LogP contribution in [0.2, 0.25) is 10.0 Å². The average molecular weight is 297 g/mol. The molecule has 0 aliphatic rings. The highest BCUT2D eigenvalue weighted by molar-refractivity contribution is 6.31. The number of aliphatic hydroxyl groups excluding tert-OH is 1. The van der Waals surface area contributed by atoms with Crippen molar-refractivity contribution in [3.05, 3.63) is 57.7 Å². The normalized spacial score (nSPS) is 10.5. The van der Waals surface area contributed by atoms with Crippen molar-refractivity contribution in [1.29, 1.82) is 0 Å². The van der Waals surface area contributed by atoms with Crippen LogP contribution in [0.1, 0.15) is 11.1 Å². The van der Waals surface area contributed by atoms with Crippen LogP contribution < -0.4 is 4.90 Å². The molecule has 2 aromatic rings. The Kier molecular flexibility index (Phi) is 4.64. The van der Waals surface area contributed by atoms with Crippen molar-refractivity contribution in [3.63, 3.8) is 0 Å². The van der Waals surface area contributed by atoms with Crippen LogP contribution in [0, 0.1) is 0 Å². The highest BCUT2D eigenvalue weighted by Crippen LogP contribution is 2.21. The molecule has 0 radical (unpaired) electrons. The average Bonchev–Trinajstić information content (AvgIpc) is 2.39. The third-order valence-electron chi connectivity index (χ3n) is 2.79. The number of aromatic nitrogens is 1. The Morgan fingerprint density at radius 1 is 1.26 bits per heavy atom. The number of hydrogen-bond acceptors (Lipinski definition) is 3. The maximum absolute atomic E-state index is 9.20. The minimum absolute atomic E-state index is 0.0979. The van der Waals surface area contributed by atoms with Crippen molar-refractivity contribution < 1.29 is 5.11 Å². The van der Waals surface area contributed by atoms with E-state index in [1.165, 1.54) is 0 Å². The number of aliphatic hydroxyl groups is 1. The summed E-state index contributed by atoms with van der Waals surface area (Å²) in [5.74, 6) is 0.758. The van der Waals surface area contributed by atoms with Crippen molar-refractivity contribution in [3.8, 4) is 0 Å². The Hall–Kier alpha value is -1.29. The summed E-state index contributed by atoms with van der Waals surface area (Å²) in [4.78, 5) is 6.23. The highest BCUT2D eigenvalue weighted by atomic mass is 35.5. The molecule has 0 atom stereocenters. The fourth-order valence-corrected chi connectivity index (χ4v) is 2.16. The van der Waals surface area contributed by atoms with Gasteiger partial charge >= 0.3 is 0 Å². The fourth-order valence-electron chi connectivity index (χ4n) is 1.79. The number of nitrogens with zero attached hydrogens (tertiary/aromatic N) is 2. The molecule has 0 amide bonds. The number of pyridine rings is 1. The van der Waals surface area contributed by atoms with Crippen LogP contribution in [0.5, 0.6) is 0 Å². The van der Waals surface area contributed by atoms with Gasteiger partial charge in [-0.2, -0.15) is 0 Å². The van der Waals surface area contributed by atoms with Crippen LogP contribution in [0.3, 0.4) is 0 Å². The van der Waals surface area contributed by atoms with Gasteiger partial charge in [-0.1, -0.05) is 35.3 Å². The van der Waals surface area contributed by atoms with Crippen molar-refractivity contribution in [2.24, 2.45) is 0 Å². The molecule has 0 aliphatic heterocycles. The molecule has 0 saturated carbocycles. The van der Waals surface area contributed by atoms with Gasteiger partial charge in [0.05, 0.1) is 11.6 Å². The molecule has 1 heterocycles. The second-order valence-electron chi connectivity index (χ2n) is 4.28. The van der Waals surface area contributed by atoms with Gasteiger partial charge in [0.15, 0.2) is 0 Å². The van der Waals surface area contributed by atoms with Crippen LogP contribution in [-0.4, -0.2) is 17.1 Å². The lowest BCUT2D eigenvalue weighted by Crippen LogP contribution is -2.17. The number of benzene rings is 1. The van der Waals surface area contributed by atoms with Gasteiger partial charge in [-0.25, -0.2) is 4.98 Å². The molecule has 0 aliphatic carbocycles. The Morgan fingerprint density at radius 2 is 2.05 bits per heavy atom. The Labute approximate surface area is 122 Å². The summed E-state index contributed by atoms with van der Waals surface area (Å²) in [7, 11) is 1.93. The number of rotatable bonds is 4. The quantitative estimate of drug-likeness (QED) is 0.938. The monoisotopic (exact) mass is 296 g/mol. The Balaban J connectivity index is 2.18. The van der Waals surface area contributed by atoms with Gasteiger partial charge in [0.1, 0.15) is 5.82 Å². The van der Waals surface area contributed by atoms with E-state index in [-0.39, 0.29) is 6.61 Å². The van der Waals surface area contributed by atoms with Crippen LogP contribution in [-0.2, 0) is 13.2 Å². The SMILES string of the molecule is CN(Cc1cccc(Cl)c1)c1cc(CO)c(Cl)cn1. The molecule has 0 saturated heterocycles. The van der Waals surface area contributed by atoms with Gasteiger partial charge in [0.25, 0.3) is 0 Å². The lowest BCUT2D eigenvalue weighted by molar-refractivity contribution is 0.282. The van der Waals surface area contributed by atoms with Crippen molar-refractivity contribution in [2.45, 2.75) is 13.2 Å².